The summed E-state index contributed by atoms with van der Waals surface area (Å²) < 4.78 is 0. The Morgan fingerprint density at radius 1 is 1.40 bits per heavy atom. The van der Waals surface area contributed by atoms with E-state index in [4.69, 9.17) is 16.0 Å². The summed E-state index contributed by atoms with van der Waals surface area (Å²) in [7, 11) is 0. The van der Waals surface area contributed by atoms with Crippen LogP contribution in [0.1, 0.15) is 12.0 Å². The lowest BCUT2D eigenvalue weighted by Crippen LogP contribution is -2.39. The first-order valence-corrected chi connectivity index (χ1v) is 4.61. The molecular formula is C10H14N2O3. The van der Waals surface area contributed by atoms with Crippen molar-refractivity contribution >= 4 is 5.91 Å². The lowest BCUT2D eigenvalue weighted by Gasteiger charge is -2.08. The number of phenols is 1. The molecule has 15 heavy (non-hydrogen) atoms. The summed E-state index contributed by atoms with van der Waals surface area (Å²) in [6.07, 6.45) is 1.06. The third-order valence-corrected chi connectivity index (χ3v) is 2.13. The number of hydrogen-bond acceptors (Lipinski definition) is 4. The molecule has 1 atom stereocenters. The molecule has 5 N–H and O–H groups in total. The van der Waals surface area contributed by atoms with Gasteiger partial charge < -0.3 is 10.8 Å². The number of rotatable bonds is 4. The van der Waals surface area contributed by atoms with E-state index in [-0.39, 0.29) is 5.75 Å². The van der Waals surface area contributed by atoms with Crippen LogP contribution >= 0.6 is 0 Å². The summed E-state index contributed by atoms with van der Waals surface area (Å²) in [6.45, 7) is 0. The summed E-state index contributed by atoms with van der Waals surface area (Å²) in [5.74, 6) is -0.384. The van der Waals surface area contributed by atoms with Crippen molar-refractivity contribution < 1.29 is 15.1 Å². The summed E-state index contributed by atoms with van der Waals surface area (Å²) in [5.41, 5.74) is 7.97. The number of aryl methyl sites for hydroxylation is 1. The lowest BCUT2D eigenvalue weighted by molar-refractivity contribution is -0.130. The minimum Gasteiger partial charge on any atom is -0.508 e. The number of hydroxylamine groups is 1. The quantitative estimate of drug-likeness (QED) is 0.420. The maximum Gasteiger partial charge on any atom is 0.260 e. The number of nitrogens with two attached hydrogens (primary N) is 1. The molecular weight excluding hydrogens is 196 g/mol. The second-order valence-corrected chi connectivity index (χ2v) is 3.29. The average Bonchev–Trinajstić information content (AvgIpc) is 2.26. The molecule has 1 aromatic rings. The van der Waals surface area contributed by atoms with Gasteiger partial charge in [-0.3, -0.25) is 10.0 Å². The molecule has 5 heteroatoms. The zero-order valence-electron chi connectivity index (χ0n) is 8.18. The Labute approximate surface area is 87.5 Å². The predicted octanol–water partition coefficient (Wildman–Crippen LogP) is 0.157. The van der Waals surface area contributed by atoms with Crippen LogP contribution in [-0.2, 0) is 11.2 Å². The van der Waals surface area contributed by atoms with Gasteiger partial charge in [0.05, 0.1) is 6.04 Å². The van der Waals surface area contributed by atoms with Crippen molar-refractivity contribution in [2.75, 3.05) is 0 Å². The van der Waals surface area contributed by atoms with Gasteiger partial charge in [-0.1, -0.05) is 12.1 Å². The number of hydrogen-bond donors (Lipinski definition) is 4. The van der Waals surface area contributed by atoms with Gasteiger partial charge in [0, 0.05) is 0 Å². The smallest absolute Gasteiger partial charge is 0.260 e. The molecule has 0 aromatic heterocycles. The molecule has 0 saturated heterocycles. The predicted molar refractivity (Wildman–Crippen MR) is 54.3 cm³/mol. The minimum atomic E-state index is -0.719. The lowest BCUT2D eigenvalue weighted by atomic mass is 10.1. The highest BCUT2D eigenvalue weighted by Gasteiger charge is 2.11. The summed E-state index contributed by atoms with van der Waals surface area (Å²) in [6, 6.07) is 5.96. The molecule has 1 amide bonds. The first-order chi connectivity index (χ1) is 7.13. The van der Waals surface area contributed by atoms with Crippen LogP contribution in [0.3, 0.4) is 0 Å². The molecule has 0 radical (unpaired) electrons. The molecule has 0 aliphatic carbocycles. The minimum absolute atomic E-state index is 0.205. The van der Waals surface area contributed by atoms with Crippen LogP contribution in [0, 0.1) is 0 Å². The fourth-order valence-electron chi connectivity index (χ4n) is 1.20. The maximum atomic E-state index is 10.9. The molecule has 0 spiro atoms. The average molecular weight is 210 g/mol. The van der Waals surface area contributed by atoms with E-state index in [0.717, 1.165) is 5.56 Å². The number of aromatic hydroxyl groups is 1. The third kappa shape index (κ3) is 3.57. The van der Waals surface area contributed by atoms with Gasteiger partial charge >= 0.3 is 0 Å². The van der Waals surface area contributed by atoms with Gasteiger partial charge in [0.1, 0.15) is 5.75 Å². The fraction of sp³-hybridized carbons (Fsp3) is 0.300. The van der Waals surface area contributed by atoms with Crippen molar-refractivity contribution in [2.24, 2.45) is 5.73 Å². The van der Waals surface area contributed by atoms with E-state index in [2.05, 4.69) is 0 Å². The summed E-state index contributed by atoms with van der Waals surface area (Å²) >= 11 is 0. The first kappa shape index (κ1) is 11.5. The Kier molecular flexibility index (Phi) is 4.08. The molecule has 5 nitrogen and oxygen atoms in total. The number of amides is 1. The highest BCUT2D eigenvalue weighted by atomic mass is 16.5. The second kappa shape index (κ2) is 5.33. The highest BCUT2D eigenvalue weighted by Crippen LogP contribution is 2.11. The normalized spacial score (nSPS) is 12.1. The van der Waals surface area contributed by atoms with Gasteiger partial charge in [0.25, 0.3) is 5.91 Å². The molecule has 0 aliphatic rings. The van der Waals surface area contributed by atoms with Crippen molar-refractivity contribution in [2.45, 2.75) is 18.9 Å². The van der Waals surface area contributed by atoms with Crippen LogP contribution in [0.5, 0.6) is 5.75 Å². The summed E-state index contributed by atoms with van der Waals surface area (Å²) in [4.78, 5) is 10.9. The van der Waals surface area contributed by atoms with Crippen molar-refractivity contribution in [3.8, 4) is 5.75 Å². The molecule has 0 heterocycles. The van der Waals surface area contributed by atoms with Crippen LogP contribution in [0.2, 0.25) is 0 Å². The van der Waals surface area contributed by atoms with E-state index in [1.54, 1.807) is 24.3 Å². The molecule has 0 fully saturated rings. The van der Waals surface area contributed by atoms with Gasteiger partial charge in [-0.25, -0.2) is 5.48 Å². The Bertz CT molecular complexity index is 324. The number of benzene rings is 1. The van der Waals surface area contributed by atoms with Crippen LogP contribution < -0.4 is 11.2 Å². The van der Waals surface area contributed by atoms with E-state index in [1.165, 1.54) is 5.48 Å². The number of phenolic OH excluding ortho intramolecular Hbond substituents is 1. The van der Waals surface area contributed by atoms with Crippen molar-refractivity contribution in [1.29, 1.82) is 0 Å². The maximum absolute atomic E-state index is 10.9. The highest BCUT2D eigenvalue weighted by molar-refractivity contribution is 5.80. The van der Waals surface area contributed by atoms with Crippen LogP contribution in [0.15, 0.2) is 24.3 Å². The number of nitrogens with one attached hydrogen (secondary N) is 1. The molecule has 0 saturated carbocycles. The third-order valence-electron chi connectivity index (χ3n) is 2.13. The van der Waals surface area contributed by atoms with Crippen LogP contribution in [0.4, 0.5) is 0 Å². The van der Waals surface area contributed by atoms with Gasteiger partial charge in [0.2, 0.25) is 0 Å². The van der Waals surface area contributed by atoms with Gasteiger partial charge in [0.15, 0.2) is 0 Å². The Morgan fingerprint density at radius 2 is 2.00 bits per heavy atom. The van der Waals surface area contributed by atoms with E-state index < -0.39 is 11.9 Å². The largest absolute Gasteiger partial charge is 0.508 e. The zero-order valence-corrected chi connectivity index (χ0v) is 8.18. The molecule has 1 rings (SSSR count). The first-order valence-electron chi connectivity index (χ1n) is 4.61. The van der Waals surface area contributed by atoms with E-state index in [0.29, 0.717) is 12.8 Å². The summed E-state index contributed by atoms with van der Waals surface area (Å²) in [5, 5.41) is 17.4. The topological polar surface area (TPSA) is 95.6 Å². The molecule has 1 aromatic carbocycles. The molecule has 0 bridgehead atoms. The van der Waals surface area contributed by atoms with E-state index in [9.17, 15) is 4.79 Å². The van der Waals surface area contributed by atoms with Crippen molar-refractivity contribution in [3.05, 3.63) is 29.8 Å². The van der Waals surface area contributed by atoms with Gasteiger partial charge in [-0.2, -0.15) is 0 Å². The molecule has 0 aliphatic heterocycles. The number of carbonyl (C=O) groups is 1. The van der Waals surface area contributed by atoms with Crippen molar-refractivity contribution in [3.63, 3.8) is 0 Å². The Morgan fingerprint density at radius 3 is 2.53 bits per heavy atom. The SMILES string of the molecule is N[C@@H](CCc1ccc(O)cc1)C(=O)NO. The van der Waals surface area contributed by atoms with Gasteiger partial charge in [-0.15, -0.1) is 0 Å². The van der Waals surface area contributed by atoms with E-state index >= 15 is 0 Å². The van der Waals surface area contributed by atoms with Crippen LogP contribution in [0.25, 0.3) is 0 Å². The Balaban J connectivity index is 2.43. The standard InChI is InChI=1S/C10H14N2O3/c11-9(10(14)12-15)6-3-7-1-4-8(13)5-2-7/h1-2,4-5,9,13,15H,3,6,11H2,(H,12,14)/t9-/m0/s1. The second-order valence-electron chi connectivity index (χ2n) is 3.29. The fourth-order valence-corrected chi connectivity index (χ4v) is 1.20. The van der Waals surface area contributed by atoms with Crippen molar-refractivity contribution in [1.82, 2.24) is 5.48 Å². The monoisotopic (exact) mass is 210 g/mol. The van der Waals surface area contributed by atoms with E-state index in [1.807, 2.05) is 0 Å². The Hall–Kier alpha value is -1.59. The molecule has 0 unspecified atom stereocenters. The zero-order chi connectivity index (χ0) is 11.3. The van der Waals surface area contributed by atoms with Crippen LogP contribution in [-0.4, -0.2) is 22.3 Å². The number of carbonyl (C=O) groups excluding carboxylic acids is 1. The molecule has 82 valence electrons. The van der Waals surface area contributed by atoms with Gasteiger partial charge in [-0.05, 0) is 30.5 Å².